The summed E-state index contributed by atoms with van der Waals surface area (Å²) in [6.45, 7) is 5.62. The van der Waals surface area contributed by atoms with Crippen LogP contribution in [0.25, 0.3) is 0 Å². The molecule has 0 aromatic heterocycles. The number of benzene rings is 2. The van der Waals surface area contributed by atoms with E-state index in [4.69, 9.17) is 11.6 Å². The third kappa shape index (κ3) is 5.33. The van der Waals surface area contributed by atoms with Crippen LogP contribution in [0.3, 0.4) is 0 Å². The average Bonchev–Trinajstić information content (AvgIpc) is 2.61. The SMILES string of the molecule is CCCN(CCC)C(=O)c1ccc(NC(=O)c2cccc(Cl)c2)cc1. The average molecular weight is 359 g/mol. The minimum absolute atomic E-state index is 0.0245. The third-order valence-corrected chi connectivity index (χ3v) is 3.99. The maximum absolute atomic E-state index is 12.5. The smallest absolute Gasteiger partial charge is 0.255 e. The lowest BCUT2D eigenvalue weighted by Gasteiger charge is -2.21. The molecule has 0 saturated heterocycles. The number of rotatable bonds is 7. The Morgan fingerprint density at radius 3 is 2.16 bits per heavy atom. The number of nitrogens with zero attached hydrogens (tertiary/aromatic N) is 1. The Hall–Kier alpha value is -2.33. The minimum Gasteiger partial charge on any atom is -0.339 e. The predicted molar refractivity (Wildman–Crippen MR) is 102 cm³/mol. The van der Waals surface area contributed by atoms with Crippen molar-refractivity contribution in [1.82, 2.24) is 4.90 Å². The van der Waals surface area contributed by atoms with Crippen molar-refractivity contribution in [2.45, 2.75) is 26.7 Å². The minimum atomic E-state index is -0.236. The quantitative estimate of drug-likeness (QED) is 0.768. The van der Waals surface area contributed by atoms with E-state index in [1.54, 1.807) is 48.5 Å². The van der Waals surface area contributed by atoms with Crippen LogP contribution in [0.5, 0.6) is 0 Å². The van der Waals surface area contributed by atoms with E-state index in [1.165, 1.54) is 0 Å². The van der Waals surface area contributed by atoms with Crippen molar-refractivity contribution in [2.24, 2.45) is 0 Å². The first-order valence-electron chi connectivity index (χ1n) is 8.51. The van der Waals surface area contributed by atoms with Gasteiger partial charge in [0.25, 0.3) is 11.8 Å². The van der Waals surface area contributed by atoms with Gasteiger partial charge in [0.1, 0.15) is 0 Å². The number of amides is 2. The summed E-state index contributed by atoms with van der Waals surface area (Å²) in [5, 5.41) is 3.32. The van der Waals surface area contributed by atoms with Gasteiger partial charge in [0, 0.05) is 34.9 Å². The van der Waals surface area contributed by atoms with E-state index in [9.17, 15) is 9.59 Å². The van der Waals surface area contributed by atoms with Gasteiger partial charge >= 0.3 is 0 Å². The van der Waals surface area contributed by atoms with Crippen LogP contribution in [0.1, 0.15) is 47.4 Å². The monoisotopic (exact) mass is 358 g/mol. The van der Waals surface area contributed by atoms with Crippen LogP contribution in [0.15, 0.2) is 48.5 Å². The van der Waals surface area contributed by atoms with E-state index in [1.807, 2.05) is 4.90 Å². The molecule has 0 fully saturated rings. The molecule has 5 heteroatoms. The summed E-state index contributed by atoms with van der Waals surface area (Å²) in [6, 6.07) is 13.7. The van der Waals surface area contributed by atoms with Crippen LogP contribution in [0, 0.1) is 0 Å². The van der Waals surface area contributed by atoms with Crippen LogP contribution in [0.4, 0.5) is 5.69 Å². The number of carbonyl (C=O) groups is 2. The van der Waals surface area contributed by atoms with Gasteiger partial charge in [-0.25, -0.2) is 0 Å². The highest BCUT2D eigenvalue weighted by atomic mass is 35.5. The molecule has 2 amide bonds. The van der Waals surface area contributed by atoms with Crippen LogP contribution in [-0.2, 0) is 0 Å². The Kier molecular flexibility index (Phi) is 7.02. The second-order valence-electron chi connectivity index (χ2n) is 5.83. The van der Waals surface area contributed by atoms with E-state index in [0.29, 0.717) is 21.8 Å². The summed E-state index contributed by atoms with van der Waals surface area (Å²) >= 11 is 5.91. The molecule has 0 atom stereocenters. The van der Waals surface area contributed by atoms with Gasteiger partial charge in [-0.2, -0.15) is 0 Å². The van der Waals surface area contributed by atoms with Gasteiger partial charge < -0.3 is 10.2 Å². The molecular weight excluding hydrogens is 336 g/mol. The van der Waals surface area contributed by atoms with Gasteiger partial charge in [0.15, 0.2) is 0 Å². The Morgan fingerprint density at radius 2 is 1.60 bits per heavy atom. The molecule has 0 saturated carbocycles. The normalized spacial score (nSPS) is 10.4. The van der Waals surface area contributed by atoms with Gasteiger partial charge in [0.05, 0.1) is 0 Å². The molecule has 4 nitrogen and oxygen atoms in total. The zero-order valence-corrected chi connectivity index (χ0v) is 15.3. The lowest BCUT2D eigenvalue weighted by Crippen LogP contribution is -2.32. The topological polar surface area (TPSA) is 49.4 Å². The fourth-order valence-corrected chi connectivity index (χ4v) is 2.76. The van der Waals surface area contributed by atoms with Crippen molar-refractivity contribution >= 4 is 29.1 Å². The van der Waals surface area contributed by atoms with Crippen molar-refractivity contribution in [2.75, 3.05) is 18.4 Å². The maximum Gasteiger partial charge on any atom is 0.255 e. The third-order valence-electron chi connectivity index (χ3n) is 3.75. The van der Waals surface area contributed by atoms with E-state index < -0.39 is 0 Å². The molecule has 0 spiro atoms. The zero-order chi connectivity index (χ0) is 18.2. The molecule has 2 rings (SSSR count). The van der Waals surface area contributed by atoms with Gasteiger partial charge in [-0.05, 0) is 55.3 Å². The van der Waals surface area contributed by atoms with E-state index in [-0.39, 0.29) is 11.8 Å². The second-order valence-corrected chi connectivity index (χ2v) is 6.27. The van der Waals surface area contributed by atoms with Crippen LogP contribution >= 0.6 is 11.6 Å². The summed E-state index contributed by atoms with van der Waals surface area (Å²) in [6.07, 6.45) is 1.86. The molecule has 2 aromatic carbocycles. The number of carbonyl (C=O) groups excluding carboxylic acids is 2. The molecule has 0 aliphatic heterocycles. The summed E-state index contributed by atoms with van der Waals surface area (Å²) in [7, 11) is 0. The molecule has 1 N–H and O–H groups in total. The van der Waals surface area contributed by atoms with Crippen LogP contribution < -0.4 is 5.32 Å². The first kappa shape index (κ1) is 19.0. The molecule has 25 heavy (non-hydrogen) atoms. The van der Waals surface area contributed by atoms with Crippen LogP contribution in [0.2, 0.25) is 5.02 Å². The molecule has 0 bridgehead atoms. The maximum atomic E-state index is 12.5. The number of anilines is 1. The van der Waals surface area contributed by atoms with Crippen molar-refractivity contribution in [3.05, 3.63) is 64.7 Å². The number of nitrogens with one attached hydrogen (secondary N) is 1. The zero-order valence-electron chi connectivity index (χ0n) is 14.6. The summed E-state index contributed by atoms with van der Waals surface area (Å²) < 4.78 is 0. The largest absolute Gasteiger partial charge is 0.339 e. The van der Waals surface area contributed by atoms with E-state index >= 15 is 0 Å². The lowest BCUT2D eigenvalue weighted by molar-refractivity contribution is 0.0755. The fourth-order valence-electron chi connectivity index (χ4n) is 2.57. The van der Waals surface area contributed by atoms with Gasteiger partial charge in [0.2, 0.25) is 0 Å². The molecule has 0 aliphatic rings. The van der Waals surface area contributed by atoms with E-state index in [2.05, 4.69) is 19.2 Å². The van der Waals surface area contributed by atoms with Crippen molar-refractivity contribution < 1.29 is 9.59 Å². The number of hydrogen-bond donors (Lipinski definition) is 1. The fraction of sp³-hybridized carbons (Fsp3) is 0.300. The lowest BCUT2D eigenvalue weighted by atomic mass is 10.1. The molecule has 0 heterocycles. The second kappa shape index (κ2) is 9.23. The highest BCUT2D eigenvalue weighted by molar-refractivity contribution is 6.31. The summed E-state index contributed by atoms with van der Waals surface area (Å²) in [5.74, 6) is -0.211. The van der Waals surface area contributed by atoms with Gasteiger partial charge in [-0.1, -0.05) is 31.5 Å². The Labute approximate surface area is 153 Å². The first-order valence-corrected chi connectivity index (χ1v) is 8.89. The summed E-state index contributed by atoms with van der Waals surface area (Å²) in [4.78, 5) is 26.6. The highest BCUT2D eigenvalue weighted by Crippen LogP contribution is 2.15. The highest BCUT2D eigenvalue weighted by Gasteiger charge is 2.14. The summed E-state index contributed by atoms with van der Waals surface area (Å²) in [5.41, 5.74) is 1.76. The van der Waals surface area contributed by atoms with Crippen molar-refractivity contribution in [1.29, 1.82) is 0 Å². The molecule has 0 unspecified atom stereocenters. The van der Waals surface area contributed by atoms with Gasteiger partial charge in [-0.15, -0.1) is 0 Å². The molecular formula is C20H23ClN2O2. The molecule has 0 aliphatic carbocycles. The Bertz CT molecular complexity index is 723. The predicted octanol–water partition coefficient (Wildman–Crippen LogP) is 4.85. The van der Waals surface area contributed by atoms with Crippen molar-refractivity contribution in [3.63, 3.8) is 0 Å². The Morgan fingerprint density at radius 1 is 0.960 bits per heavy atom. The molecule has 2 aromatic rings. The number of hydrogen-bond acceptors (Lipinski definition) is 2. The standard InChI is InChI=1S/C20H23ClN2O2/c1-3-12-23(13-4-2)20(25)15-8-10-18(11-9-15)22-19(24)16-6-5-7-17(21)14-16/h5-11,14H,3-4,12-13H2,1-2H3,(H,22,24). The van der Waals surface area contributed by atoms with Gasteiger partial charge in [-0.3, -0.25) is 9.59 Å². The van der Waals surface area contributed by atoms with Crippen molar-refractivity contribution in [3.8, 4) is 0 Å². The number of halogens is 1. The van der Waals surface area contributed by atoms with E-state index in [0.717, 1.165) is 25.9 Å². The molecule has 0 radical (unpaired) electrons. The molecule has 132 valence electrons. The van der Waals surface area contributed by atoms with Crippen LogP contribution in [-0.4, -0.2) is 29.8 Å². The Balaban J connectivity index is 2.06. The first-order chi connectivity index (χ1) is 12.0.